The molecule has 1 fully saturated rings. The van der Waals surface area contributed by atoms with E-state index in [0.717, 1.165) is 18.8 Å². The SMILES string of the molecule is COc1ccc(C(=O)NC(C(=O)N(C)CC(=O)Nc2ccc(N3CCOCC3)cc2)C(C)C)cc1. The van der Waals surface area contributed by atoms with E-state index in [0.29, 0.717) is 30.2 Å². The second-order valence-electron chi connectivity index (χ2n) is 8.81. The van der Waals surface area contributed by atoms with E-state index < -0.39 is 6.04 Å². The Morgan fingerprint density at radius 2 is 1.66 bits per heavy atom. The quantitative estimate of drug-likeness (QED) is 0.569. The molecule has 35 heavy (non-hydrogen) atoms. The Morgan fingerprint density at radius 1 is 1.03 bits per heavy atom. The van der Waals surface area contributed by atoms with Crippen LogP contribution in [0.25, 0.3) is 0 Å². The van der Waals surface area contributed by atoms with Crippen molar-refractivity contribution in [3.63, 3.8) is 0 Å². The number of nitrogens with zero attached hydrogens (tertiary/aromatic N) is 2. The predicted octanol–water partition coefficient (Wildman–Crippen LogP) is 2.38. The van der Waals surface area contributed by atoms with Crippen LogP contribution in [0.5, 0.6) is 5.75 Å². The molecule has 1 unspecified atom stereocenters. The second-order valence-corrected chi connectivity index (χ2v) is 8.81. The molecule has 0 spiro atoms. The average Bonchev–Trinajstić information content (AvgIpc) is 2.87. The van der Waals surface area contributed by atoms with Crippen LogP contribution in [0.1, 0.15) is 24.2 Å². The fourth-order valence-corrected chi connectivity index (χ4v) is 3.79. The monoisotopic (exact) mass is 482 g/mol. The summed E-state index contributed by atoms with van der Waals surface area (Å²) in [7, 11) is 3.10. The standard InChI is InChI=1S/C26H34N4O5/c1-18(2)24(28-25(32)19-5-11-22(34-4)12-6-19)26(33)29(3)17-23(31)27-20-7-9-21(10-8-20)30-13-15-35-16-14-30/h5-12,18,24H,13-17H2,1-4H3,(H,27,31)(H,28,32). The number of likely N-dealkylation sites (N-methyl/N-ethyl adjacent to an activating group) is 1. The summed E-state index contributed by atoms with van der Waals surface area (Å²) in [4.78, 5) is 41.9. The van der Waals surface area contributed by atoms with Crippen molar-refractivity contribution in [3.05, 3.63) is 54.1 Å². The number of amides is 3. The van der Waals surface area contributed by atoms with Crippen LogP contribution >= 0.6 is 0 Å². The topological polar surface area (TPSA) is 100 Å². The van der Waals surface area contributed by atoms with E-state index >= 15 is 0 Å². The van der Waals surface area contributed by atoms with Gasteiger partial charge in [0, 0.05) is 37.1 Å². The van der Waals surface area contributed by atoms with Gasteiger partial charge in [0.25, 0.3) is 5.91 Å². The average molecular weight is 483 g/mol. The van der Waals surface area contributed by atoms with Crippen molar-refractivity contribution >= 4 is 29.1 Å². The molecule has 0 aliphatic carbocycles. The molecule has 9 nitrogen and oxygen atoms in total. The first-order valence-electron chi connectivity index (χ1n) is 11.7. The van der Waals surface area contributed by atoms with Gasteiger partial charge in [-0.2, -0.15) is 0 Å². The minimum atomic E-state index is -0.768. The van der Waals surface area contributed by atoms with Gasteiger partial charge >= 0.3 is 0 Å². The van der Waals surface area contributed by atoms with Gasteiger partial charge in [-0.15, -0.1) is 0 Å². The van der Waals surface area contributed by atoms with Crippen LogP contribution < -0.4 is 20.3 Å². The van der Waals surface area contributed by atoms with Crippen LogP contribution in [0.2, 0.25) is 0 Å². The number of carbonyl (C=O) groups excluding carboxylic acids is 3. The Kier molecular flexibility index (Phi) is 9.08. The first kappa shape index (κ1) is 26.0. The molecule has 1 atom stereocenters. The van der Waals surface area contributed by atoms with Crippen molar-refractivity contribution in [1.82, 2.24) is 10.2 Å². The number of anilines is 2. The van der Waals surface area contributed by atoms with Gasteiger partial charge in [-0.1, -0.05) is 13.8 Å². The van der Waals surface area contributed by atoms with Crippen molar-refractivity contribution in [2.45, 2.75) is 19.9 Å². The number of ether oxygens (including phenoxy) is 2. The van der Waals surface area contributed by atoms with Crippen LogP contribution in [0, 0.1) is 5.92 Å². The van der Waals surface area contributed by atoms with Gasteiger partial charge in [-0.05, 0) is 54.4 Å². The first-order chi connectivity index (χ1) is 16.8. The Balaban J connectivity index is 1.55. The van der Waals surface area contributed by atoms with Crippen LogP contribution in [0.4, 0.5) is 11.4 Å². The van der Waals surface area contributed by atoms with Crippen LogP contribution in [-0.2, 0) is 14.3 Å². The number of morpholine rings is 1. The summed E-state index contributed by atoms with van der Waals surface area (Å²) in [6.45, 7) is 6.65. The van der Waals surface area contributed by atoms with Gasteiger partial charge in [-0.25, -0.2) is 0 Å². The zero-order valence-corrected chi connectivity index (χ0v) is 20.7. The highest BCUT2D eigenvalue weighted by molar-refractivity contribution is 5.99. The lowest BCUT2D eigenvalue weighted by atomic mass is 10.0. The summed E-state index contributed by atoms with van der Waals surface area (Å²) in [6.07, 6.45) is 0. The number of benzene rings is 2. The van der Waals surface area contributed by atoms with Crippen molar-refractivity contribution in [1.29, 1.82) is 0 Å². The van der Waals surface area contributed by atoms with Crippen molar-refractivity contribution < 1.29 is 23.9 Å². The molecule has 2 aromatic rings. The predicted molar refractivity (Wildman–Crippen MR) is 135 cm³/mol. The maximum absolute atomic E-state index is 13.1. The smallest absolute Gasteiger partial charge is 0.251 e. The lowest BCUT2D eigenvalue weighted by molar-refractivity contribution is -0.135. The van der Waals surface area contributed by atoms with Gasteiger partial charge in [0.05, 0.1) is 26.9 Å². The van der Waals surface area contributed by atoms with Gasteiger partial charge < -0.3 is 29.9 Å². The van der Waals surface area contributed by atoms with E-state index in [1.54, 1.807) is 38.4 Å². The summed E-state index contributed by atoms with van der Waals surface area (Å²) in [6, 6.07) is 13.5. The minimum Gasteiger partial charge on any atom is -0.497 e. The highest BCUT2D eigenvalue weighted by Crippen LogP contribution is 2.19. The van der Waals surface area contributed by atoms with Crippen molar-refractivity contribution in [3.8, 4) is 5.75 Å². The summed E-state index contributed by atoms with van der Waals surface area (Å²) in [5.41, 5.74) is 2.15. The summed E-state index contributed by atoms with van der Waals surface area (Å²) < 4.78 is 10.5. The lowest BCUT2D eigenvalue weighted by Gasteiger charge is -2.29. The molecule has 2 N–H and O–H groups in total. The van der Waals surface area contributed by atoms with E-state index in [1.165, 1.54) is 4.90 Å². The molecule has 1 heterocycles. The highest BCUT2D eigenvalue weighted by atomic mass is 16.5. The molecule has 1 saturated heterocycles. The van der Waals surface area contributed by atoms with E-state index in [4.69, 9.17) is 9.47 Å². The maximum Gasteiger partial charge on any atom is 0.251 e. The second kappa shape index (κ2) is 12.2. The van der Waals surface area contributed by atoms with Crippen LogP contribution in [-0.4, -0.2) is 75.7 Å². The third-order valence-electron chi connectivity index (χ3n) is 5.86. The van der Waals surface area contributed by atoms with Crippen LogP contribution in [0.3, 0.4) is 0 Å². The summed E-state index contributed by atoms with van der Waals surface area (Å²) in [5, 5.41) is 5.62. The lowest BCUT2D eigenvalue weighted by Crippen LogP contribution is -2.51. The van der Waals surface area contributed by atoms with E-state index in [9.17, 15) is 14.4 Å². The minimum absolute atomic E-state index is 0.133. The first-order valence-corrected chi connectivity index (χ1v) is 11.7. The molecule has 1 aliphatic rings. The largest absolute Gasteiger partial charge is 0.497 e. The third-order valence-corrected chi connectivity index (χ3v) is 5.86. The molecule has 0 radical (unpaired) electrons. The highest BCUT2D eigenvalue weighted by Gasteiger charge is 2.28. The molecule has 3 amide bonds. The number of carbonyl (C=O) groups is 3. The van der Waals surface area contributed by atoms with Gasteiger partial charge in [0.2, 0.25) is 11.8 Å². The Labute approximate surface area is 206 Å². The van der Waals surface area contributed by atoms with Gasteiger partial charge in [0.1, 0.15) is 11.8 Å². The maximum atomic E-state index is 13.1. The molecule has 188 valence electrons. The molecule has 0 aromatic heterocycles. The van der Waals surface area contributed by atoms with Crippen LogP contribution in [0.15, 0.2) is 48.5 Å². The number of rotatable bonds is 9. The van der Waals surface area contributed by atoms with E-state index in [2.05, 4.69) is 15.5 Å². The molecule has 1 aliphatic heterocycles. The van der Waals surface area contributed by atoms with Gasteiger partial charge in [-0.3, -0.25) is 14.4 Å². The zero-order valence-electron chi connectivity index (χ0n) is 20.7. The number of hydrogen-bond acceptors (Lipinski definition) is 6. The van der Waals surface area contributed by atoms with Gasteiger partial charge in [0.15, 0.2) is 0 Å². The number of hydrogen-bond donors (Lipinski definition) is 2. The molecule has 0 bridgehead atoms. The number of nitrogens with one attached hydrogen (secondary N) is 2. The normalized spacial score (nSPS) is 14.3. The molecular weight excluding hydrogens is 448 g/mol. The number of methoxy groups -OCH3 is 1. The molecule has 9 heteroatoms. The van der Waals surface area contributed by atoms with E-state index in [1.807, 2.05) is 38.1 Å². The fourth-order valence-electron chi connectivity index (χ4n) is 3.79. The molecular formula is C26H34N4O5. The summed E-state index contributed by atoms with van der Waals surface area (Å²) in [5.74, 6) is -0.538. The zero-order chi connectivity index (χ0) is 25.4. The van der Waals surface area contributed by atoms with Crippen molar-refractivity contribution in [2.75, 3.05) is 57.2 Å². The molecule has 3 rings (SSSR count). The Bertz CT molecular complexity index is 1000. The Hall–Kier alpha value is -3.59. The summed E-state index contributed by atoms with van der Waals surface area (Å²) >= 11 is 0. The van der Waals surface area contributed by atoms with E-state index in [-0.39, 0.29) is 30.2 Å². The van der Waals surface area contributed by atoms with Crippen molar-refractivity contribution in [2.24, 2.45) is 5.92 Å². The molecule has 0 saturated carbocycles. The molecule has 2 aromatic carbocycles. The fraction of sp³-hybridized carbons (Fsp3) is 0.423. The Morgan fingerprint density at radius 3 is 2.23 bits per heavy atom. The third kappa shape index (κ3) is 7.19.